The normalized spacial score (nSPS) is 14.4. The van der Waals surface area contributed by atoms with Crippen LogP contribution in [0.15, 0.2) is 0 Å². The Morgan fingerprint density at radius 3 is 1.68 bits per heavy atom. The van der Waals surface area contributed by atoms with Crippen LogP contribution in [0.3, 0.4) is 0 Å². The molecule has 0 aromatic rings. The summed E-state index contributed by atoms with van der Waals surface area (Å²) in [7, 11) is 0. The van der Waals surface area contributed by atoms with Gasteiger partial charge in [-0.1, -0.05) is 62.3 Å². The van der Waals surface area contributed by atoms with Crippen LogP contribution in [0, 0.1) is 16.2 Å². The predicted octanol–water partition coefficient (Wildman–Crippen LogP) is 3.51. The highest BCUT2D eigenvalue weighted by atomic mass is 16.2. The first kappa shape index (κ1) is 20.9. The lowest BCUT2D eigenvalue weighted by atomic mass is 9.87. The lowest BCUT2D eigenvalue weighted by Crippen LogP contribution is -2.50. The van der Waals surface area contributed by atoms with Crippen molar-refractivity contribution in [3.63, 3.8) is 0 Å². The molecule has 1 atom stereocenters. The van der Waals surface area contributed by atoms with Gasteiger partial charge in [0.05, 0.1) is 0 Å². The second-order valence-electron chi connectivity index (χ2n) is 9.90. The van der Waals surface area contributed by atoms with Crippen LogP contribution in [0.2, 0.25) is 0 Å². The van der Waals surface area contributed by atoms with Crippen LogP contribution in [0.25, 0.3) is 0 Å². The molecule has 0 aliphatic carbocycles. The van der Waals surface area contributed by atoms with Gasteiger partial charge in [-0.15, -0.1) is 0 Å². The van der Waals surface area contributed by atoms with E-state index in [9.17, 15) is 9.59 Å². The molecule has 130 valence electrons. The summed E-state index contributed by atoms with van der Waals surface area (Å²) in [6.45, 7) is 19.1. The van der Waals surface area contributed by atoms with Gasteiger partial charge in [0.2, 0.25) is 11.8 Å². The van der Waals surface area contributed by atoms with E-state index in [-0.39, 0.29) is 28.1 Å². The van der Waals surface area contributed by atoms with Gasteiger partial charge < -0.3 is 10.6 Å². The molecule has 0 aromatic carbocycles. The molecular formula is C18H36N2O2. The van der Waals surface area contributed by atoms with Crippen LogP contribution in [-0.4, -0.2) is 24.4 Å². The summed E-state index contributed by atoms with van der Waals surface area (Å²) >= 11 is 0. The largest absolute Gasteiger partial charge is 0.354 e. The maximum Gasteiger partial charge on any atom is 0.242 e. The molecule has 0 aliphatic heterocycles. The number of nitrogens with one attached hydrogen (secondary N) is 2. The Morgan fingerprint density at radius 1 is 0.818 bits per heavy atom. The maximum atomic E-state index is 12.4. The smallest absolute Gasteiger partial charge is 0.242 e. The van der Waals surface area contributed by atoms with E-state index < -0.39 is 6.04 Å². The zero-order valence-electron chi connectivity index (χ0n) is 16.0. The van der Waals surface area contributed by atoms with Gasteiger partial charge >= 0.3 is 0 Å². The molecule has 0 spiro atoms. The van der Waals surface area contributed by atoms with Crippen LogP contribution in [0.4, 0.5) is 0 Å². The molecule has 2 N–H and O–H groups in total. The van der Waals surface area contributed by atoms with Crippen molar-refractivity contribution in [2.75, 3.05) is 6.54 Å². The summed E-state index contributed by atoms with van der Waals surface area (Å²) in [6.07, 6.45) is 1.04. The molecular weight excluding hydrogens is 276 g/mol. The van der Waals surface area contributed by atoms with Crippen molar-refractivity contribution in [2.24, 2.45) is 16.2 Å². The van der Waals surface area contributed by atoms with E-state index >= 15 is 0 Å². The summed E-state index contributed by atoms with van der Waals surface area (Å²) in [5.74, 6) is -0.153. The average molecular weight is 312 g/mol. The lowest BCUT2D eigenvalue weighted by Gasteiger charge is -2.28. The highest BCUT2D eigenvalue weighted by Crippen LogP contribution is 2.22. The Morgan fingerprint density at radius 2 is 1.32 bits per heavy atom. The van der Waals surface area contributed by atoms with Crippen molar-refractivity contribution in [1.82, 2.24) is 10.6 Å². The van der Waals surface area contributed by atoms with Gasteiger partial charge in [0, 0.05) is 13.0 Å². The standard InChI is InChI=1S/C18H36N2O2/c1-16(2,3)10-13(15(22)19-12-18(7,8)9)20-14(21)11-17(4,5)6/h13H,10-12H2,1-9H3,(H,19,22)(H,20,21)/t13-/m0/s1. The van der Waals surface area contributed by atoms with E-state index in [0.29, 0.717) is 19.4 Å². The van der Waals surface area contributed by atoms with E-state index in [1.165, 1.54) is 0 Å². The van der Waals surface area contributed by atoms with Crippen molar-refractivity contribution < 1.29 is 9.59 Å². The van der Waals surface area contributed by atoms with E-state index in [1.54, 1.807) is 0 Å². The third kappa shape index (κ3) is 11.6. The van der Waals surface area contributed by atoms with Gasteiger partial charge in [-0.3, -0.25) is 9.59 Å². The molecule has 2 amide bonds. The summed E-state index contributed by atoms with van der Waals surface area (Å²) in [5.41, 5.74) is -0.0889. The second-order valence-corrected chi connectivity index (χ2v) is 9.90. The fraction of sp³-hybridized carbons (Fsp3) is 0.889. The molecule has 22 heavy (non-hydrogen) atoms. The first-order chi connectivity index (χ1) is 9.59. The quantitative estimate of drug-likeness (QED) is 0.816. The van der Waals surface area contributed by atoms with Crippen molar-refractivity contribution in [2.45, 2.75) is 81.2 Å². The Bertz CT molecular complexity index is 381. The van der Waals surface area contributed by atoms with Gasteiger partial charge in [-0.05, 0) is 22.7 Å². The molecule has 0 rings (SSSR count). The molecule has 0 bridgehead atoms. The second kappa shape index (κ2) is 7.47. The zero-order chi connectivity index (χ0) is 17.8. The van der Waals surface area contributed by atoms with E-state index in [0.717, 1.165) is 0 Å². The summed E-state index contributed by atoms with van der Waals surface area (Å²) in [4.78, 5) is 24.6. The predicted molar refractivity (Wildman–Crippen MR) is 92.5 cm³/mol. The molecule has 0 fully saturated rings. The SMILES string of the molecule is CC(C)(C)CNC(=O)[C@H](CC(C)(C)C)NC(=O)CC(C)(C)C. The summed E-state index contributed by atoms with van der Waals surface area (Å²) in [6, 6.07) is -0.475. The van der Waals surface area contributed by atoms with Crippen LogP contribution in [0.1, 0.15) is 75.2 Å². The Kier molecular flexibility index (Phi) is 7.11. The number of amides is 2. The van der Waals surface area contributed by atoms with Gasteiger partial charge in [0.15, 0.2) is 0 Å². The van der Waals surface area contributed by atoms with Gasteiger partial charge in [0.25, 0.3) is 0 Å². The monoisotopic (exact) mass is 312 g/mol. The Hall–Kier alpha value is -1.06. The number of hydrogen-bond donors (Lipinski definition) is 2. The number of rotatable bonds is 5. The molecule has 0 heterocycles. The summed E-state index contributed by atoms with van der Waals surface area (Å²) in [5, 5.41) is 5.87. The van der Waals surface area contributed by atoms with Crippen LogP contribution < -0.4 is 10.6 Å². The minimum atomic E-state index is -0.475. The molecule has 0 radical (unpaired) electrons. The third-order valence-electron chi connectivity index (χ3n) is 2.95. The summed E-state index contributed by atoms with van der Waals surface area (Å²) < 4.78 is 0. The van der Waals surface area contributed by atoms with Gasteiger partial charge in [-0.2, -0.15) is 0 Å². The van der Waals surface area contributed by atoms with Crippen molar-refractivity contribution in [3.05, 3.63) is 0 Å². The molecule has 0 aromatic heterocycles. The van der Waals surface area contributed by atoms with Crippen molar-refractivity contribution in [3.8, 4) is 0 Å². The van der Waals surface area contributed by atoms with Crippen molar-refractivity contribution >= 4 is 11.8 Å². The lowest BCUT2D eigenvalue weighted by molar-refractivity contribution is -0.130. The Labute approximate surface area is 136 Å². The fourth-order valence-corrected chi connectivity index (χ4v) is 2.02. The molecule has 4 nitrogen and oxygen atoms in total. The Balaban J connectivity index is 4.83. The highest BCUT2D eigenvalue weighted by Gasteiger charge is 2.28. The molecule has 0 saturated carbocycles. The van der Waals surface area contributed by atoms with Crippen molar-refractivity contribution in [1.29, 1.82) is 0 Å². The molecule has 0 aliphatic rings. The first-order valence-corrected chi connectivity index (χ1v) is 8.16. The van der Waals surface area contributed by atoms with Gasteiger partial charge in [-0.25, -0.2) is 0 Å². The van der Waals surface area contributed by atoms with E-state index in [1.807, 2.05) is 20.8 Å². The number of hydrogen-bond acceptors (Lipinski definition) is 2. The zero-order valence-corrected chi connectivity index (χ0v) is 16.0. The third-order valence-corrected chi connectivity index (χ3v) is 2.95. The fourth-order valence-electron chi connectivity index (χ4n) is 2.02. The minimum absolute atomic E-state index is 0.0252. The van der Waals surface area contributed by atoms with E-state index in [4.69, 9.17) is 0 Å². The molecule has 4 heteroatoms. The van der Waals surface area contributed by atoms with Crippen LogP contribution >= 0.6 is 0 Å². The topological polar surface area (TPSA) is 58.2 Å². The average Bonchev–Trinajstić information content (AvgIpc) is 2.19. The van der Waals surface area contributed by atoms with Crippen LogP contribution in [0.5, 0.6) is 0 Å². The molecule has 0 saturated heterocycles. The number of carbonyl (C=O) groups excluding carboxylic acids is 2. The maximum absolute atomic E-state index is 12.4. The van der Waals surface area contributed by atoms with Gasteiger partial charge in [0.1, 0.15) is 6.04 Å². The molecule has 0 unspecified atom stereocenters. The minimum Gasteiger partial charge on any atom is -0.354 e. The van der Waals surface area contributed by atoms with Crippen LogP contribution in [-0.2, 0) is 9.59 Å². The highest BCUT2D eigenvalue weighted by molar-refractivity contribution is 5.87. The first-order valence-electron chi connectivity index (χ1n) is 8.16. The number of carbonyl (C=O) groups is 2. The van der Waals surface area contributed by atoms with E-state index in [2.05, 4.69) is 52.2 Å².